The smallest absolute Gasteiger partial charge is 0.422 e. The molecule has 2 amide bonds. The van der Waals surface area contributed by atoms with Gasteiger partial charge in [-0.15, -0.1) is 0 Å². The molecule has 1 rings (SSSR count). The Morgan fingerprint density at radius 1 is 1.17 bits per heavy atom. The van der Waals surface area contributed by atoms with Crippen molar-refractivity contribution in [3.05, 3.63) is 29.8 Å². The lowest BCUT2D eigenvalue weighted by atomic mass is 10.0. The van der Waals surface area contributed by atoms with Gasteiger partial charge in [-0.2, -0.15) is 13.2 Å². The summed E-state index contributed by atoms with van der Waals surface area (Å²) in [5.41, 5.74) is 0.702. The lowest BCUT2D eigenvalue weighted by Crippen LogP contribution is -2.48. The van der Waals surface area contributed by atoms with Crippen molar-refractivity contribution in [3.8, 4) is 5.75 Å². The number of hydrogen-bond donors (Lipinski definition) is 2. The minimum Gasteiger partial charge on any atom is -0.484 e. The summed E-state index contributed by atoms with van der Waals surface area (Å²) in [6, 6.07) is 5.29. The van der Waals surface area contributed by atoms with Gasteiger partial charge in [-0.3, -0.25) is 9.59 Å². The zero-order chi connectivity index (χ0) is 18.3. The molecular formula is C16H21F3N2O3. The van der Waals surface area contributed by atoms with Crippen LogP contribution >= 0.6 is 0 Å². The third kappa shape index (κ3) is 7.34. The fraction of sp³-hybridized carbons (Fsp3) is 0.500. The highest BCUT2D eigenvalue weighted by Gasteiger charge is 2.28. The Kier molecular flexibility index (Phi) is 7.06. The van der Waals surface area contributed by atoms with Crippen molar-refractivity contribution in [2.45, 2.75) is 39.5 Å². The SMILES string of the molecule is CC(=O)NC(C(=O)NCc1ccc(OCC(F)(F)F)cc1)C(C)C. The van der Waals surface area contributed by atoms with Crippen LogP contribution in [0.25, 0.3) is 0 Å². The van der Waals surface area contributed by atoms with E-state index in [0.717, 1.165) is 0 Å². The van der Waals surface area contributed by atoms with E-state index in [1.165, 1.54) is 19.1 Å². The van der Waals surface area contributed by atoms with Gasteiger partial charge in [0.1, 0.15) is 11.8 Å². The number of amides is 2. The van der Waals surface area contributed by atoms with Gasteiger partial charge in [-0.1, -0.05) is 26.0 Å². The molecule has 24 heavy (non-hydrogen) atoms. The van der Waals surface area contributed by atoms with Crippen molar-refractivity contribution < 1.29 is 27.5 Å². The number of carbonyl (C=O) groups is 2. The molecule has 2 N–H and O–H groups in total. The summed E-state index contributed by atoms with van der Waals surface area (Å²) in [5, 5.41) is 5.26. The molecule has 1 aromatic carbocycles. The zero-order valence-corrected chi connectivity index (χ0v) is 13.7. The number of nitrogens with one attached hydrogen (secondary N) is 2. The van der Waals surface area contributed by atoms with Gasteiger partial charge in [0.2, 0.25) is 11.8 Å². The van der Waals surface area contributed by atoms with Crippen LogP contribution in [-0.4, -0.2) is 30.6 Å². The Morgan fingerprint density at radius 2 is 1.75 bits per heavy atom. The van der Waals surface area contributed by atoms with Gasteiger partial charge in [-0.05, 0) is 23.6 Å². The predicted molar refractivity (Wildman–Crippen MR) is 82.3 cm³/mol. The summed E-state index contributed by atoms with van der Waals surface area (Å²) in [4.78, 5) is 23.2. The summed E-state index contributed by atoms with van der Waals surface area (Å²) >= 11 is 0. The summed E-state index contributed by atoms with van der Waals surface area (Å²) in [7, 11) is 0. The van der Waals surface area contributed by atoms with E-state index >= 15 is 0 Å². The topological polar surface area (TPSA) is 67.4 Å². The van der Waals surface area contributed by atoms with Crippen molar-refractivity contribution in [3.63, 3.8) is 0 Å². The average Bonchev–Trinajstić information content (AvgIpc) is 2.48. The zero-order valence-electron chi connectivity index (χ0n) is 13.7. The first-order valence-electron chi connectivity index (χ1n) is 7.42. The molecule has 1 unspecified atom stereocenters. The molecule has 0 radical (unpaired) electrons. The van der Waals surface area contributed by atoms with Crippen LogP contribution in [-0.2, 0) is 16.1 Å². The molecule has 0 spiro atoms. The van der Waals surface area contributed by atoms with Crippen LogP contribution in [0.3, 0.4) is 0 Å². The molecule has 8 heteroatoms. The van der Waals surface area contributed by atoms with Gasteiger partial charge in [0.15, 0.2) is 6.61 Å². The number of ether oxygens (including phenoxy) is 1. The molecule has 1 atom stereocenters. The third-order valence-electron chi connectivity index (χ3n) is 3.10. The van der Waals surface area contributed by atoms with E-state index in [9.17, 15) is 22.8 Å². The maximum atomic E-state index is 12.1. The van der Waals surface area contributed by atoms with Gasteiger partial charge in [0.05, 0.1) is 0 Å². The van der Waals surface area contributed by atoms with Crippen LogP contribution in [0, 0.1) is 5.92 Å². The van der Waals surface area contributed by atoms with Crippen molar-refractivity contribution in [1.82, 2.24) is 10.6 Å². The fourth-order valence-electron chi connectivity index (χ4n) is 1.92. The van der Waals surface area contributed by atoms with Crippen molar-refractivity contribution >= 4 is 11.8 Å². The molecule has 1 aromatic rings. The van der Waals surface area contributed by atoms with E-state index in [0.29, 0.717) is 5.56 Å². The van der Waals surface area contributed by atoms with Crippen LogP contribution in [0.4, 0.5) is 13.2 Å². The van der Waals surface area contributed by atoms with E-state index in [4.69, 9.17) is 0 Å². The summed E-state index contributed by atoms with van der Waals surface area (Å²) in [6.07, 6.45) is -4.39. The monoisotopic (exact) mass is 346 g/mol. The molecule has 0 aliphatic heterocycles. The lowest BCUT2D eigenvalue weighted by Gasteiger charge is -2.21. The van der Waals surface area contributed by atoms with Crippen LogP contribution in [0.1, 0.15) is 26.3 Å². The number of alkyl halides is 3. The van der Waals surface area contributed by atoms with Crippen LogP contribution < -0.4 is 15.4 Å². The Labute approximate surface area is 138 Å². The standard InChI is InChI=1S/C16H21F3N2O3/c1-10(2)14(21-11(3)22)15(23)20-8-12-4-6-13(7-5-12)24-9-16(17,18)19/h4-7,10,14H,8-9H2,1-3H3,(H,20,23)(H,21,22). The number of carbonyl (C=O) groups excluding carboxylic acids is 2. The number of hydrogen-bond acceptors (Lipinski definition) is 3. The minimum atomic E-state index is -4.39. The number of halogens is 3. The Bertz CT molecular complexity index is 557. The molecule has 0 aromatic heterocycles. The van der Waals surface area contributed by atoms with Crippen LogP contribution in [0.2, 0.25) is 0 Å². The van der Waals surface area contributed by atoms with Gasteiger partial charge >= 0.3 is 6.18 Å². The van der Waals surface area contributed by atoms with E-state index in [1.54, 1.807) is 12.1 Å². The molecule has 0 saturated heterocycles. The van der Waals surface area contributed by atoms with Gasteiger partial charge in [0.25, 0.3) is 0 Å². The number of benzene rings is 1. The molecule has 0 aliphatic carbocycles. The molecule has 134 valence electrons. The average molecular weight is 346 g/mol. The van der Waals surface area contributed by atoms with Gasteiger partial charge in [-0.25, -0.2) is 0 Å². The largest absolute Gasteiger partial charge is 0.484 e. The highest BCUT2D eigenvalue weighted by atomic mass is 19.4. The summed E-state index contributed by atoms with van der Waals surface area (Å²) in [5.74, 6) is -0.597. The van der Waals surface area contributed by atoms with E-state index < -0.39 is 18.8 Å². The first kappa shape index (κ1) is 19.8. The Morgan fingerprint density at radius 3 is 2.21 bits per heavy atom. The maximum absolute atomic E-state index is 12.1. The first-order valence-corrected chi connectivity index (χ1v) is 7.42. The van der Waals surface area contributed by atoms with Crippen molar-refractivity contribution in [2.24, 2.45) is 5.92 Å². The quantitative estimate of drug-likeness (QED) is 0.797. The second-order valence-electron chi connectivity index (χ2n) is 5.69. The van der Waals surface area contributed by atoms with E-state index in [2.05, 4.69) is 15.4 Å². The van der Waals surface area contributed by atoms with Crippen LogP contribution in [0.15, 0.2) is 24.3 Å². The molecule has 0 saturated carbocycles. The van der Waals surface area contributed by atoms with E-state index in [1.807, 2.05) is 13.8 Å². The Balaban J connectivity index is 2.54. The summed E-state index contributed by atoms with van der Waals surface area (Å²) in [6.45, 7) is 3.80. The second-order valence-corrected chi connectivity index (χ2v) is 5.69. The fourth-order valence-corrected chi connectivity index (χ4v) is 1.92. The van der Waals surface area contributed by atoms with Crippen LogP contribution in [0.5, 0.6) is 5.75 Å². The molecule has 0 bridgehead atoms. The normalized spacial score (nSPS) is 12.6. The van der Waals surface area contributed by atoms with Gasteiger partial charge in [0, 0.05) is 13.5 Å². The summed E-state index contributed by atoms with van der Waals surface area (Å²) < 4.78 is 40.8. The maximum Gasteiger partial charge on any atom is 0.422 e. The molecule has 0 heterocycles. The molecule has 5 nitrogen and oxygen atoms in total. The Hall–Kier alpha value is -2.25. The lowest BCUT2D eigenvalue weighted by molar-refractivity contribution is -0.153. The second kappa shape index (κ2) is 8.56. The molecular weight excluding hydrogens is 325 g/mol. The number of rotatable bonds is 7. The highest BCUT2D eigenvalue weighted by Crippen LogP contribution is 2.18. The highest BCUT2D eigenvalue weighted by molar-refractivity contribution is 5.87. The van der Waals surface area contributed by atoms with E-state index in [-0.39, 0.29) is 30.0 Å². The van der Waals surface area contributed by atoms with Crippen molar-refractivity contribution in [1.29, 1.82) is 0 Å². The minimum absolute atomic E-state index is 0.0768. The first-order chi connectivity index (χ1) is 11.1. The van der Waals surface area contributed by atoms with Crippen molar-refractivity contribution in [2.75, 3.05) is 6.61 Å². The molecule has 0 aliphatic rings. The predicted octanol–water partition coefficient (Wildman–Crippen LogP) is 2.40. The third-order valence-corrected chi connectivity index (χ3v) is 3.10. The van der Waals surface area contributed by atoms with Gasteiger partial charge < -0.3 is 15.4 Å². The molecule has 0 fully saturated rings.